The summed E-state index contributed by atoms with van der Waals surface area (Å²) < 4.78 is 5.07. The fraction of sp³-hybridized carbons (Fsp3) is 0.0588. The Hall–Kier alpha value is -2.53. The number of ether oxygens (including phenoxy) is 1. The molecule has 22 heavy (non-hydrogen) atoms. The number of carbonyl (C=O) groups is 1. The average molecular weight is 311 g/mol. The lowest BCUT2D eigenvalue weighted by molar-refractivity contribution is -0.113. The van der Waals surface area contributed by atoms with Gasteiger partial charge in [0.1, 0.15) is 5.04 Å². The molecule has 2 aromatic carbocycles. The molecule has 0 radical (unpaired) electrons. The molecule has 5 heteroatoms. The molecule has 3 rings (SSSR count). The number of hydrogen-bond acceptors (Lipinski definition) is 4. The summed E-state index contributed by atoms with van der Waals surface area (Å²) in [5.41, 5.74) is 1.43. The molecule has 1 heterocycles. The molecule has 0 saturated heterocycles. The fourth-order valence-electron chi connectivity index (χ4n) is 2.08. The first-order valence-corrected chi connectivity index (χ1v) is 7.44. The monoisotopic (exact) mass is 311 g/mol. The second kappa shape index (κ2) is 6.07. The van der Waals surface area contributed by atoms with Crippen LogP contribution in [-0.4, -0.2) is 23.2 Å². The molecule has 1 aliphatic heterocycles. The molecule has 0 spiro atoms. The Kier molecular flexibility index (Phi) is 3.98. The summed E-state index contributed by atoms with van der Waals surface area (Å²) in [6.07, 6.45) is 1.63. The smallest absolute Gasteiger partial charge is 0.284 e. The van der Waals surface area contributed by atoms with Crippen molar-refractivity contribution < 1.29 is 14.6 Å². The van der Waals surface area contributed by atoms with Gasteiger partial charge in [0.15, 0.2) is 11.5 Å². The van der Waals surface area contributed by atoms with Crippen molar-refractivity contribution in [1.82, 2.24) is 0 Å². The molecule has 4 nitrogen and oxygen atoms in total. The summed E-state index contributed by atoms with van der Waals surface area (Å²) in [5.74, 6) is 0.0825. The molecule has 0 aromatic heterocycles. The fourth-order valence-corrected chi connectivity index (χ4v) is 2.98. The molecule has 0 saturated carbocycles. The number of benzene rings is 2. The highest BCUT2D eigenvalue weighted by Crippen LogP contribution is 2.36. The highest BCUT2D eigenvalue weighted by Gasteiger charge is 2.23. The number of aliphatic imine (C=N–C) groups is 1. The van der Waals surface area contributed by atoms with Crippen molar-refractivity contribution in [3.8, 4) is 11.5 Å². The second-order valence-corrected chi connectivity index (χ2v) is 5.63. The van der Waals surface area contributed by atoms with Crippen molar-refractivity contribution in [2.75, 3.05) is 7.11 Å². The highest BCUT2D eigenvalue weighted by atomic mass is 32.2. The van der Waals surface area contributed by atoms with E-state index in [1.807, 2.05) is 30.3 Å². The quantitative estimate of drug-likeness (QED) is 0.882. The molecule has 2 aromatic rings. The number of methoxy groups -OCH3 is 1. The van der Waals surface area contributed by atoms with E-state index in [0.717, 1.165) is 5.56 Å². The van der Waals surface area contributed by atoms with Gasteiger partial charge in [-0.3, -0.25) is 4.79 Å². The summed E-state index contributed by atoms with van der Waals surface area (Å²) >= 11 is 1.30. The predicted octanol–water partition coefficient (Wildman–Crippen LogP) is 3.46. The van der Waals surface area contributed by atoms with Crippen LogP contribution in [0.4, 0.5) is 0 Å². The molecule has 0 fully saturated rings. The molecule has 0 unspecified atom stereocenters. The second-order valence-electron chi connectivity index (χ2n) is 4.60. The van der Waals surface area contributed by atoms with Gasteiger partial charge in [-0.1, -0.05) is 54.2 Å². The van der Waals surface area contributed by atoms with E-state index in [2.05, 4.69) is 4.99 Å². The van der Waals surface area contributed by atoms with E-state index in [4.69, 9.17) is 4.74 Å². The predicted molar refractivity (Wildman–Crippen MR) is 88.2 cm³/mol. The lowest BCUT2D eigenvalue weighted by Crippen LogP contribution is -1.89. The molecule has 0 aliphatic carbocycles. The SMILES string of the molecule is COc1cccc(/C=C2/SC(c3ccccc3)=NC2=O)c1O. The first-order chi connectivity index (χ1) is 10.7. The van der Waals surface area contributed by atoms with Gasteiger partial charge in [0.05, 0.1) is 12.0 Å². The highest BCUT2D eigenvalue weighted by molar-refractivity contribution is 8.19. The van der Waals surface area contributed by atoms with Gasteiger partial charge in [-0.15, -0.1) is 0 Å². The third-order valence-electron chi connectivity index (χ3n) is 3.18. The van der Waals surface area contributed by atoms with Crippen LogP contribution in [0.2, 0.25) is 0 Å². The van der Waals surface area contributed by atoms with E-state index in [9.17, 15) is 9.90 Å². The number of hydrogen-bond donors (Lipinski definition) is 1. The molecule has 1 aliphatic rings. The van der Waals surface area contributed by atoms with Crippen LogP contribution in [0.3, 0.4) is 0 Å². The minimum atomic E-state index is -0.300. The Morgan fingerprint density at radius 3 is 2.64 bits per heavy atom. The standard InChI is InChI=1S/C17H13NO3S/c1-21-13-9-5-8-12(15(13)19)10-14-16(20)18-17(22-14)11-6-3-2-4-7-11/h2-10,19H,1H3/b14-10+. The van der Waals surface area contributed by atoms with Crippen LogP contribution in [0.1, 0.15) is 11.1 Å². The molecule has 1 amide bonds. The van der Waals surface area contributed by atoms with Crippen molar-refractivity contribution in [3.05, 3.63) is 64.6 Å². The zero-order valence-corrected chi connectivity index (χ0v) is 12.6. The number of rotatable bonds is 3. The molecule has 110 valence electrons. The zero-order chi connectivity index (χ0) is 15.5. The molecule has 0 bridgehead atoms. The van der Waals surface area contributed by atoms with Crippen LogP contribution >= 0.6 is 11.8 Å². The van der Waals surface area contributed by atoms with Crippen molar-refractivity contribution >= 4 is 28.8 Å². The number of amides is 1. The topological polar surface area (TPSA) is 58.9 Å². The Morgan fingerprint density at radius 1 is 1.14 bits per heavy atom. The van der Waals surface area contributed by atoms with Crippen LogP contribution in [0.5, 0.6) is 11.5 Å². The maximum absolute atomic E-state index is 12.0. The summed E-state index contributed by atoms with van der Waals surface area (Å²) in [5, 5.41) is 10.8. The number of aromatic hydroxyl groups is 1. The van der Waals surface area contributed by atoms with E-state index in [-0.39, 0.29) is 11.7 Å². The van der Waals surface area contributed by atoms with Gasteiger partial charge in [0.2, 0.25) is 0 Å². The Bertz CT molecular complexity index is 782. The van der Waals surface area contributed by atoms with E-state index in [1.54, 1.807) is 24.3 Å². The maximum atomic E-state index is 12.0. The number of phenols is 1. The number of carbonyl (C=O) groups excluding carboxylic acids is 1. The molecular formula is C17H13NO3S. The van der Waals surface area contributed by atoms with Gasteiger partial charge >= 0.3 is 0 Å². The molecule has 0 atom stereocenters. The summed E-state index contributed by atoms with van der Waals surface area (Å²) in [6, 6.07) is 14.7. The van der Waals surface area contributed by atoms with E-state index in [1.165, 1.54) is 18.9 Å². The molecule has 1 N–H and O–H groups in total. The number of phenolic OH excluding ortho intramolecular Hbond substituents is 1. The van der Waals surface area contributed by atoms with Crippen molar-refractivity contribution in [3.63, 3.8) is 0 Å². The Labute approximate surface area is 132 Å². The van der Waals surface area contributed by atoms with Crippen molar-refractivity contribution in [2.45, 2.75) is 0 Å². The Balaban J connectivity index is 1.91. The lowest BCUT2D eigenvalue weighted by Gasteiger charge is -2.05. The van der Waals surface area contributed by atoms with E-state index in [0.29, 0.717) is 21.3 Å². The summed E-state index contributed by atoms with van der Waals surface area (Å²) in [7, 11) is 1.48. The van der Waals surface area contributed by atoms with Gasteiger partial charge in [-0.25, -0.2) is 4.99 Å². The number of thioether (sulfide) groups is 1. The minimum absolute atomic E-state index is 0.0130. The van der Waals surface area contributed by atoms with Gasteiger partial charge in [-0.05, 0) is 12.1 Å². The van der Waals surface area contributed by atoms with Crippen LogP contribution in [0.15, 0.2) is 58.4 Å². The third-order valence-corrected chi connectivity index (χ3v) is 4.21. The third kappa shape index (κ3) is 2.76. The normalized spacial score (nSPS) is 16.0. The lowest BCUT2D eigenvalue weighted by atomic mass is 10.1. The number of para-hydroxylation sites is 1. The van der Waals surface area contributed by atoms with E-state index >= 15 is 0 Å². The minimum Gasteiger partial charge on any atom is -0.504 e. The average Bonchev–Trinajstić information content (AvgIpc) is 2.91. The maximum Gasteiger partial charge on any atom is 0.284 e. The van der Waals surface area contributed by atoms with Crippen molar-refractivity contribution in [1.29, 1.82) is 0 Å². The first-order valence-electron chi connectivity index (χ1n) is 6.63. The number of nitrogens with zero attached hydrogens (tertiary/aromatic N) is 1. The Morgan fingerprint density at radius 2 is 1.91 bits per heavy atom. The van der Waals surface area contributed by atoms with Gasteiger partial charge in [0, 0.05) is 11.1 Å². The first kappa shape index (κ1) is 14.4. The van der Waals surface area contributed by atoms with Gasteiger partial charge < -0.3 is 9.84 Å². The summed E-state index contributed by atoms with van der Waals surface area (Å²) in [4.78, 5) is 16.6. The largest absolute Gasteiger partial charge is 0.504 e. The van der Waals surface area contributed by atoms with E-state index < -0.39 is 0 Å². The summed E-state index contributed by atoms with van der Waals surface area (Å²) in [6.45, 7) is 0. The zero-order valence-electron chi connectivity index (χ0n) is 11.8. The van der Waals surface area contributed by atoms with Crippen LogP contribution in [0.25, 0.3) is 6.08 Å². The van der Waals surface area contributed by atoms with Crippen LogP contribution in [-0.2, 0) is 4.79 Å². The van der Waals surface area contributed by atoms with Gasteiger partial charge in [0.25, 0.3) is 5.91 Å². The molecular weight excluding hydrogens is 298 g/mol. The van der Waals surface area contributed by atoms with Crippen molar-refractivity contribution in [2.24, 2.45) is 4.99 Å². The van der Waals surface area contributed by atoms with Crippen LogP contribution < -0.4 is 4.74 Å². The van der Waals surface area contributed by atoms with Gasteiger partial charge in [-0.2, -0.15) is 0 Å². The van der Waals surface area contributed by atoms with Crippen LogP contribution in [0, 0.1) is 0 Å².